The van der Waals surface area contributed by atoms with E-state index in [1.807, 2.05) is 24.3 Å². The molecule has 9 heteroatoms. The number of nitrogens with two attached hydrogens (primary N) is 1. The topological polar surface area (TPSA) is 127 Å². The van der Waals surface area contributed by atoms with Crippen LogP contribution in [-0.2, 0) is 17.8 Å². The molecule has 0 spiro atoms. The Hall–Kier alpha value is -4.66. The molecule has 4 rings (SSSR count). The minimum atomic E-state index is -0.866. The average molecular weight is 473 g/mol. The maximum atomic E-state index is 13.0. The first-order chi connectivity index (χ1) is 16.9. The van der Waals surface area contributed by atoms with Crippen LogP contribution in [0.5, 0.6) is 0 Å². The van der Waals surface area contributed by atoms with E-state index in [2.05, 4.69) is 0 Å². The monoisotopic (exact) mass is 473 g/mol. The number of ketones is 1. The molecule has 2 aromatic carbocycles. The van der Waals surface area contributed by atoms with Crippen LogP contribution in [0.1, 0.15) is 33.4 Å². The van der Waals surface area contributed by atoms with Gasteiger partial charge in [0.1, 0.15) is 11.4 Å². The molecule has 0 fully saturated rings. The van der Waals surface area contributed by atoms with Crippen LogP contribution in [0.25, 0.3) is 11.1 Å². The van der Waals surface area contributed by atoms with Gasteiger partial charge in [0.2, 0.25) is 11.5 Å². The largest absolute Gasteiger partial charge is 0.457 e. The third-order valence-electron chi connectivity index (χ3n) is 5.52. The van der Waals surface area contributed by atoms with Crippen LogP contribution in [0.15, 0.2) is 87.0 Å². The molecule has 2 aromatic heterocycles. The Morgan fingerprint density at radius 1 is 0.943 bits per heavy atom. The van der Waals surface area contributed by atoms with Crippen molar-refractivity contribution in [1.82, 2.24) is 9.13 Å². The van der Waals surface area contributed by atoms with E-state index < -0.39 is 35.2 Å². The zero-order valence-corrected chi connectivity index (χ0v) is 19.0. The molecule has 0 saturated carbocycles. The van der Waals surface area contributed by atoms with Gasteiger partial charge in [0.15, 0.2) is 6.61 Å². The predicted molar refractivity (Wildman–Crippen MR) is 129 cm³/mol. The minimum absolute atomic E-state index is 0.0413. The second-order valence-electron chi connectivity index (χ2n) is 7.69. The Morgan fingerprint density at radius 2 is 1.60 bits per heavy atom. The highest BCUT2D eigenvalue weighted by Gasteiger charge is 2.25. The number of anilines is 1. The first-order valence-electron chi connectivity index (χ1n) is 10.9. The number of furan rings is 1. The summed E-state index contributed by atoms with van der Waals surface area (Å²) in [6.45, 7) is 0.973. The average Bonchev–Trinajstić information content (AvgIpc) is 3.37. The van der Waals surface area contributed by atoms with Gasteiger partial charge in [0.05, 0.1) is 12.8 Å². The molecule has 2 heterocycles. The smallest absolute Gasteiger partial charge is 0.375 e. The fraction of sp³-hybridized carbons (Fsp3) is 0.154. The molecule has 0 amide bonds. The van der Waals surface area contributed by atoms with Crippen LogP contribution in [-0.4, -0.2) is 27.5 Å². The standard InChI is InChI=1S/C26H23N3O6/c1-2-28-24(31)21(23(27)29(26(28)33)15-17-9-5-3-6-10-17)20(30)16-35-25(32)22-19(13-14-34-22)18-11-7-4-8-12-18/h3-14H,2,15-16,27H2,1H3. The molecule has 2 N–H and O–H groups in total. The SMILES string of the molecule is CCn1c(=O)c(C(=O)COC(=O)c2occc2-c2ccccc2)c(N)n(Cc2ccccc2)c1=O. The molecular formula is C26H23N3O6. The second-order valence-corrected chi connectivity index (χ2v) is 7.69. The Morgan fingerprint density at radius 3 is 2.26 bits per heavy atom. The van der Waals surface area contributed by atoms with E-state index >= 15 is 0 Å². The van der Waals surface area contributed by atoms with E-state index in [9.17, 15) is 19.2 Å². The lowest BCUT2D eigenvalue weighted by molar-refractivity contribution is 0.0444. The van der Waals surface area contributed by atoms with Crippen molar-refractivity contribution in [3.8, 4) is 11.1 Å². The fourth-order valence-corrected chi connectivity index (χ4v) is 3.76. The predicted octanol–water partition coefficient (Wildman–Crippen LogP) is 2.96. The van der Waals surface area contributed by atoms with Gasteiger partial charge < -0.3 is 14.9 Å². The zero-order chi connectivity index (χ0) is 24.9. The highest BCUT2D eigenvalue weighted by molar-refractivity contribution is 6.02. The number of nitrogen functional groups attached to an aromatic ring is 1. The van der Waals surface area contributed by atoms with Crippen molar-refractivity contribution in [1.29, 1.82) is 0 Å². The minimum Gasteiger partial charge on any atom is -0.457 e. The molecule has 9 nitrogen and oxygen atoms in total. The number of benzene rings is 2. The number of rotatable bonds is 8. The van der Waals surface area contributed by atoms with Gasteiger partial charge in [0, 0.05) is 12.1 Å². The molecule has 4 aromatic rings. The van der Waals surface area contributed by atoms with E-state index in [4.69, 9.17) is 14.9 Å². The summed E-state index contributed by atoms with van der Waals surface area (Å²) in [7, 11) is 0. The lowest BCUT2D eigenvalue weighted by atomic mass is 10.1. The van der Waals surface area contributed by atoms with Crippen molar-refractivity contribution in [2.24, 2.45) is 0 Å². The third-order valence-corrected chi connectivity index (χ3v) is 5.52. The molecule has 0 radical (unpaired) electrons. The quantitative estimate of drug-likeness (QED) is 0.308. The number of ether oxygens (including phenoxy) is 1. The summed E-state index contributed by atoms with van der Waals surface area (Å²) in [5.74, 6) is -2.04. The summed E-state index contributed by atoms with van der Waals surface area (Å²) < 4.78 is 12.5. The summed E-state index contributed by atoms with van der Waals surface area (Å²) in [6, 6.07) is 19.7. The summed E-state index contributed by atoms with van der Waals surface area (Å²) in [4.78, 5) is 51.4. The maximum Gasteiger partial charge on any atom is 0.375 e. The van der Waals surface area contributed by atoms with Crippen molar-refractivity contribution in [3.63, 3.8) is 0 Å². The van der Waals surface area contributed by atoms with Crippen molar-refractivity contribution in [2.75, 3.05) is 12.3 Å². The van der Waals surface area contributed by atoms with E-state index in [1.54, 1.807) is 49.4 Å². The lowest BCUT2D eigenvalue weighted by Gasteiger charge is -2.15. The number of carbonyl (C=O) groups excluding carboxylic acids is 2. The molecule has 0 atom stereocenters. The first-order valence-corrected chi connectivity index (χ1v) is 10.9. The van der Waals surface area contributed by atoms with Gasteiger partial charge in [-0.05, 0) is 24.1 Å². The van der Waals surface area contributed by atoms with Gasteiger partial charge >= 0.3 is 11.7 Å². The zero-order valence-electron chi connectivity index (χ0n) is 19.0. The highest BCUT2D eigenvalue weighted by Crippen LogP contribution is 2.25. The molecular weight excluding hydrogens is 450 g/mol. The van der Waals surface area contributed by atoms with E-state index in [0.29, 0.717) is 5.56 Å². The number of aromatic nitrogens is 2. The van der Waals surface area contributed by atoms with Crippen LogP contribution >= 0.6 is 0 Å². The van der Waals surface area contributed by atoms with Crippen LogP contribution in [0.4, 0.5) is 5.82 Å². The van der Waals surface area contributed by atoms with Gasteiger partial charge in [-0.1, -0.05) is 60.7 Å². The molecule has 0 aliphatic carbocycles. The summed E-state index contributed by atoms with van der Waals surface area (Å²) >= 11 is 0. The Labute approximate surface area is 200 Å². The number of nitrogens with zero attached hydrogens (tertiary/aromatic N) is 2. The van der Waals surface area contributed by atoms with E-state index in [1.165, 1.54) is 6.26 Å². The maximum absolute atomic E-state index is 13.0. The van der Waals surface area contributed by atoms with Gasteiger partial charge in [-0.15, -0.1) is 0 Å². The van der Waals surface area contributed by atoms with Crippen LogP contribution in [0, 0.1) is 0 Å². The Kier molecular flexibility index (Phi) is 6.77. The summed E-state index contributed by atoms with van der Waals surface area (Å²) in [5, 5.41) is 0. The van der Waals surface area contributed by atoms with E-state index in [0.717, 1.165) is 20.3 Å². The third kappa shape index (κ3) is 4.70. The van der Waals surface area contributed by atoms with Gasteiger partial charge in [-0.2, -0.15) is 0 Å². The summed E-state index contributed by atoms with van der Waals surface area (Å²) in [6.07, 6.45) is 1.35. The number of esters is 1. The number of hydrogen-bond donors (Lipinski definition) is 1. The van der Waals surface area contributed by atoms with Gasteiger partial charge in [-0.3, -0.25) is 18.7 Å². The van der Waals surface area contributed by atoms with Crippen LogP contribution in [0.2, 0.25) is 0 Å². The van der Waals surface area contributed by atoms with Crippen LogP contribution < -0.4 is 17.0 Å². The van der Waals surface area contributed by atoms with Crippen molar-refractivity contribution in [2.45, 2.75) is 20.0 Å². The van der Waals surface area contributed by atoms with Crippen LogP contribution in [0.3, 0.4) is 0 Å². The highest BCUT2D eigenvalue weighted by atomic mass is 16.5. The number of Topliss-reactive ketones (excluding diaryl/α,β-unsaturated/α-hetero) is 1. The Bertz CT molecular complexity index is 1480. The Balaban J connectivity index is 1.61. The lowest BCUT2D eigenvalue weighted by Crippen LogP contribution is -2.44. The summed E-state index contributed by atoms with van der Waals surface area (Å²) in [5.41, 5.74) is 6.27. The number of hydrogen-bond acceptors (Lipinski definition) is 7. The van der Waals surface area contributed by atoms with Crippen molar-refractivity contribution < 1.29 is 18.7 Å². The van der Waals surface area contributed by atoms with Gasteiger partial charge in [-0.25, -0.2) is 9.59 Å². The molecule has 0 bridgehead atoms. The van der Waals surface area contributed by atoms with Crippen molar-refractivity contribution >= 4 is 17.6 Å². The second kappa shape index (κ2) is 10.1. The number of carbonyl (C=O) groups is 2. The molecule has 0 aliphatic heterocycles. The fourth-order valence-electron chi connectivity index (χ4n) is 3.76. The van der Waals surface area contributed by atoms with Gasteiger partial charge in [0.25, 0.3) is 5.56 Å². The molecule has 0 unspecified atom stereocenters. The van der Waals surface area contributed by atoms with E-state index in [-0.39, 0.29) is 24.7 Å². The molecule has 178 valence electrons. The van der Waals surface area contributed by atoms with Crippen molar-refractivity contribution in [3.05, 3.63) is 111 Å². The first kappa shape index (κ1) is 23.5. The normalized spacial score (nSPS) is 10.8. The molecule has 0 aliphatic rings. The molecule has 35 heavy (non-hydrogen) atoms. The molecule has 0 saturated heterocycles.